The lowest BCUT2D eigenvalue weighted by molar-refractivity contribution is -0.145. The summed E-state index contributed by atoms with van der Waals surface area (Å²) < 4.78 is 0. The van der Waals surface area contributed by atoms with Gasteiger partial charge in [0.15, 0.2) is 0 Å². The molecule has 0 atom stereocenters. The summed E-state index contributed by atoms with van der Waals surface area (Å²) >= 11 is 6.04. The molecule has 3 aliphatic rings. The number of rotatable bonds is 5. The molecule has 4 rings (SSSR count). The van der Waals surface area contributed by atoms with E-state index in [1.807, 2.05) is 54.0 Å². The van der Waals surface area contributed by atoms with Gasteiger partial charge in [-0.05, 0) is 57.6 Å². The molecule has 7 nitrogen and oxygen atoms in total. The third-order valence-corrected chi connectivity index (χ3v) is 8.50. The van der Waals surface area contributed by atoms with Gasteiger partial charge in [-0.25, -0.2) is 0 Å². The third-order valence-electron chi connectivity index (χ3n) is 7.84. The highest BCUT2D eigenvalue weighted by atomic mass is 35.5. The van der Waals surface area contributed by atoms with Gasteiger partial charge in [-0.15, -0.1) is 11.6 Å². The molecule has 186 valence electrons. The van der Waals surface area contributed by atoms with Crippen molar-refractivity contribution in [2.24, 2.45) is 11.3 Å². The molecule has 0 N–H and O–H groups in total. The van der Waals surface area contributed by atoms with E-state index in [0.29, 0.717) is 38.5 Å². The molecule has 1 spiro atoms. The second-order valence-electron chi connectivity index (χ2n) is 10.8. The number of likely N-dealkylation sites (tertiary alicyclic amines) is 2. The lowest BCUT2D eigenvalue weighted by Gasteiger charge is -2.44. The minimum atomic E-state index is -0.736. The normalized spacial score (nSPS) is 21.5. The molecule has 34 heavy (non-hydrogen) atoms. The second-order valence-corrected chi connectivity index (χ2v) is 11.1. The van der Waals surface area contributed by atoms with E-state index in [-0.39, 0.29) is 30.1 Å². The Morgan fingerprint density at radius 3 is 2.24 bits per heavy atom. The van der Waals surface area contributed by atoms with E-state index in [2.05, 4.69) is 11.8 Å². The monoisotopic (exact) mass is 488 g/mol. The molecule has 0 bridgehead atoms. The van der Waals surface area contributed by atoms with Crippen LogP contribution in [0.2, 0.25) is 0 Å². The van der Waals surface area contributed by atoms with E-state index >= 15 is 0 Å². The van der Waals surface area contributed by atoms with E-state index in [9.17, 15) is 14.4 Å². The predicted octanol–water partition coefficient (Wildman–Crippen LogP) is 3.18. The molecular weight excluding hydrogens is 452 g/mol. The summed E-state index contributed by atoms with van der Waals surface area (Å²) in [5.74, 6) is 0.959. The number of nitrogens with zero attached hydrogens (tertiary/aromatic N) is 4. The number of hydrogen-bond donors (Lipinski definition) is 0. The van der Waals surface area contributed by atoms with Crippen LogP contribution in [-0.2, 0) is 14.4 Å². The van der Waals surface area contributed by atoms with Gasteiger partial charge in [-0.3, -0.25) is 14.4 Å². The van der Waals surface area contributed by atoms with Crippen LogP contribution in [0, 0.1) is 11.3 Å². The second kappa shape index (κ2) is 9.76. The number of hydrogen-bond acceptors (Lipinski definition) is 4. The molecule has 0 aromatic heterocycles. The van der Waals surface area contributed by atoms with Crippen molar-refractivity contribution < 1.29 is 14.4 Å². The van der Waals surface area contributed by atoms with Crippen LogP contribution < -0.4 is 4.90 Å². The largest absolute Gasteiger partial charge is 0.342 e. The van der Waals surface area contributed by atoms with Crippen LogP contribution in [0.5, 0.6) is 0 Å². The van der Waals surface area contributed by atoms with Gasteiger partial charge in [0.25, 0.3) is 5.91 Å². The number of piperidine rings is 2. The van der Waals surface area contributed by atoms with E-state index in [1.54, 1.807) is 4.90 Å². The quantitative estimate of drug-likeness (QED) is 0.597. The number of benzene rings is 1. The Hall–Kier alpha value is -2.28. The zero-order chi connectivity index (χ0) is 24.5. The highest BCUT2D eigenvalue weighted by Crippen LogP contribution is 2.40. The minimum Gasteiger partial charge on any atom is -0.342 e. The first-order valence-electron chi connectivity index (χ1n) is 12.4. The van der Waals surface area contributed by atoms with Crippen molar-refractivity contribution in [3.8, 4) is 0 Å². The Labute approximate surface area is 208 Å². The number of carbonyl (C=O) groups is 3. The zero-order valence-electron chi connectivity index (χ0n) is 20.6. The first kappa shape index (κ1) is 24.8. The number of anilines is 1. The van der Waals surface area contributed by atoms with Crippen molar-refractivity contribution in [1.29, 1.82) is 0 Å². The van der Waals surface area contributed by atoms with Crippen molar-refractivity contribution in [2.75, 3.05) is 50.2 Å². The van der Waals surface area contributed by atoms with Crippen LogP contribution in [-0.4, -0.2) is 83.2 Å². The van der Waals surface area contributed by atoms with Crippen molar-refractivity contribution in [1.82, 2.24) is 14.7 Å². The minimum absolute atomic E-state index is 0.00113. The van der Waals surface area contributed by atoms with Crippen LogP contribution in [0.25, 0.3) is 0 Å². The van der Waals surface area contributed by atoms with Gasteiger partial charge in [0.05, 0.1) is 12.1 Å². The highest BCUT2D eigenvalue weighted by Gasteiger charge is 2.55. The Bertz CT molecular complexity index is 906. The number of alkyl halides is 1. The SMILES string of the molecule is CC1CCN(C(=O)CN2CN(c3ccccc3)C3(CCN(C(=O)C(C)(C)CCl)CC3)C2=O)CC1. The number of amides is 3. The van der Waals surface area contributed by atoms with Crippen LogP contribution in [0.1, 0.15) is 46.5 Å². The number of carbonyl (C=O) groups excluding carboxylic acids is 3. The van der Waals surface area contributed by atoms with Gasteiger partial charge in [-0.2, -0.15) is 0 Å². The summed E-state index contributed by atoms with van der Waals surface area (Å²) in [5, 5.41) is 0. The summed E-state index contributed by atoms with van der Waals surface area (Å²) in [7, 11) is 0. The number of para-hydroxylation sites is 1. The summed E-state index contributed by atoms with van der Waals surface area (Å²) in [4.78, 5) is 47.5. The van der Waals surface area contributed by atoms with E-state index in [4.69, 9.17) is 11.6 Å². The van der Waals surface area contributed by atoms with Gasteiger partial charge in [0, 0.05) is 37.7 Å². The molecule has 3 amide bonds. The topological polar surface area (TPSA) is 64.2 Å². The van der Waals surface area contributed by atoms with E-state index < -0.39 is 11.0 Å². The van der Waals surface area contributed by atoms with Crippen molar-refractivity contribution in [3.05, 3.63) is 30.3 Å². The maximum absolute atomic E-state index is 13.9. The summed E-state index contributed by atoms with van der Waals surface area (Å²) in [6.45, 7) is 8.97. The molecule has 3 saturated heterocycles. The fourth-order valence-corrected chi connectivity index (χ4v) is 5.52. The summed E-state index contributed by atoms with van der Waals surface area (Å²) in [6, 6.07) is 9.93. The van der Waals surface area contributed by atoms with Crippen LogP contribution >= 0.6 is 11.6 Å². The summed E-state index contributed by atoms with van der Waals surface area (Å²) in [6.07, 6.45) is 3.11. The molecular formula is C26H37ClN4O3. The molecule has 0 aliphatic carbocycles. The van der Waals surface area contributed by atoms with Gasteiger partial charge in [-0.1, -0.05) is 25.1 Å². The third kappa shape index (κ3) is 4.64. The van der Waals surface area contributed by atoms with Gasteiger partial charge < -0.3 is 19.6 Å². The van der Waals surface area contributed by atoms with E-state index in [0.717, 1.165) is 31.6 Å². The van der Waals surface area contributed by atoms with Gasteiger partial charge in [0.2, 0.25) is 11.8 Å². The lowest BCUT2D eigenvalue weighted by atomic mass is 9.84. The lowest BCUT2D eigenvalue weighted by Crippen LogP contribution is -2.58. The first-order valence-corrected chi connectivity index (χ1v) is 13.0. The van der Waals surface area contributed by atoms with Crippen LogP contribution in [0.15, 0.2) is 30.3 Å². The number of halogens is 1. The summed E-state index contributed by atoms with van der Waals surface area (Å²) in [5.41, 5.74) is -0.395. The van der Waals surface area contributed by atoms with Crippen molar-refractivity contribution in [3.63, 3.8) is 0 Å². The average Bonchev–Trinajstić information content (AvgIpc) is 3.11. The maximum atomic E-state index is 13.9. The highest BCUT2D eigenvalue weighted by molar-refractivity contribution is 6.19. The molecule has 3 fully saturated rings. The van der Waals surface area contributed by atoms with Crippen molar-refractivity contribution >= 4 is 35.0 Å². The van der Waals surface area contributed by atoms with Crippen LogP contribution in [0.4, 0.5) is 5.69 Å². The Morgan fingerprint density at radius 1 is 1.03 bits per heavy atom. The molecule has 8 heteroatoms. The predicted molar refractivity (Wildman–Crippen MR) is 134 cm³/mol. The molecule has 3 heterocycles. The molecule has 0 saturated carbocycles. The Balaban J connectivity index is 1.52. The molecule has 3 aliphatic heterocycles. The average molecular weight is 489 g/mol. The first-order chi connectivity index (χ1) is 16.2. The molecule has 1 aromatic rings. The molecule has 0 radical (unpaired) electrons. The fraction of sp³-hybridized carbons (Fsp3) is 0.654. The maximum Gasteiger partial charge on any atom is 0.250 e. The van der Waals surface area contributed by atoms with Crippen LogP contribution in [0.3, 0.4) is 0 Å². The van der Waals surface area contributed by atoms with Crippen molar-refractivity contribution in [2.45, 2.75) is 52.0 Å². The van der Waals surface area contributed by atoms with Gasteiger partial charge in [0.1, 0.15) is 12.1 Å². The standard InChI is InChI=1S/C26H37ClN4O3/c1-20-9-13-28(14-10-20)22(32)17-30-19-31(21-7-5-4-6-8-21)26(24(30)34)11-15-29(16-12-26)23(33)25(2,3)18-27/h4-8,20H,9-19H2,1-3H3. The Morgan fingerprint density at radius 2 is 1.65 bits per heavy atom. The van der Waals surface area contributed by atoms with E-state index in [1.165, 1.54) is 0 Å². The fourth-order valence-electron chi connectivity index (χ4n) is 5.41. The Kier molecular flexibility index (Phi) is 7.13. The smallest absolute Gasteiger partial charge is 0.250 e. The molecule has 1 aromatic carbocycles. The van der Waals surface area contributed by atoms with Gasteiger partial charge >= 0.3 is 0 Å². The zero-order valence-corrected chi connectivity index (χ0v) is 21.4. The molecule has 0 unspecified atom stereocenters.